The van der Waals surface area contributed by atoms with Crippen molar-refractivity contribution < 1.29 is 0 Å². The van der Waals surface area contributed by atoms with Gasteiger partial charge in [-0.25, -0.2) is 14.6 Å². The molecule has 0 amide bonds. The molecule has 0 spiro atoms. The van der Waals surface area contributed by atoms with E-state index < -0.39 is 0 Å². The summed E-state index contributed by atoms with van der Waals surface area (Å²) in [6, 6.07) is 0. The fraction of sp³-hybridized carbons (Fsp3) is 0.417. The number of rotatable bonds is 5. The van der Waals surface area contributed by atoms with Crippen molar-refractivity contribution in [3.05, 3.63) is 25.2 Å². The summed E-state index contributed by atoms with van der Waals surface area (Å²) < 4.78 is 1.85. The molecule has 1 aliphatic carbocycles. The minimum atomic E-state index is 0.688. The lowest BCUT2D eigenvalue weighted by Crippen LogP contribution is -1.98. The third-order valence-electron chi connectivity index (χ3n) is 2.85. The first kappa shape index (κ1) is 10.8. The molecule has 17 heavy (non-hydrogen) atoms. The van der Waals surface area contributed by atoms with Gasteiger partial charge in [0, 0.05) is 5.75 Å². The molecule has 88 valence electrons. The number of fused-ring (bicyclic) bond motifs is 1. The van der Waals surface area contributed by atoms with Crippen LogP contribution in [0.2, 0.25) is 0 Å². The zero-order valence-electron chi connectivity index (χ0n) is 9.54. The number of aromatic nitrogens is 4. The van der Waals surface area contributed by atoms with Gasteiger partial charge in [0.2, 0.25) is 0 Å². The number of hydrogen-bond donors (Lipinski definition) is 0. The number of hydrogen-bond acceptors (Lipinski definition) is 4. The van der Waals surface area contributed by atoms with E-state index in [2.05, 4.69) is 21.6 Å². The zero-order chi connectivity index (χ0) is 11.7. The molecule has 0 radical (unpaired) electrons. The Kier molecular flexibility index (Phi) is 2.84. The Balaban J connectivity index is 1.91. The number of allylic oxidation sites excluding steroid dienone is 1. The van der Waals surface area contributed by atoms with E-state index in [1.165, 1.54) is 18.6 Å². The molecule has 1 saturated carbocycles. The van der Waals surface area contributed by atoms with Crippen molar-refractivity contribution in [1.29, 1.82) is 0 Å². The first-order valence-corrected chi connectivity index (χ1v) is 6.77. The molecule has 3 rings (SSSR count). The zero-order valence-corrected chi connectivity index (χ0v) is 10.4. The molecule has 4 nitrogen and oxygen atoms in total. The highest BCUT2D eigenvalue weighted by Gasteiger charge is 2.22. The third kappa shape index (κ3) is 2.20. The highest BCUT2D eigenvalue weighted by Crippen LogP contribution is 2.35. The van der Waals surface area contributed by atoms with Gasteiger partial charge >= 0.3 is 0 Å². The van der Waals surface area contributed by atoms with E-state index in [-0.39, 0.29) is 0 Å². The van der Waals surface area contributed by atoms with Crippen molar-refractivity contribution >= 4 is 22.8 Å². The average Bonchev–Trinajstić information content (AvgIpc) is 3.09. The molecule has 0 bridgehead atoms. The van der Waals surface area contributed by atoms with Crippen molar-refractivity contribution in [1.82, 2.24) is 19.7 Å². The van der Waals surface area contributed by atoms with Gasteiger partial charge in [0.1, 0.15) is 11.4 Å². The summed E-state index contributed by atoms with van der Waals surface area (Å²) in [7, 11) is 0. The summed E-state index contributed by atoms with van der Waals surface area (Å²) in [5, 5.41) is 6.43. The van der Waals surface area contributed by atoms with Crippen LogP contribution in [0.25, 0.3) is 11.0 Å². The topological polar surface area (TPSA) is 43.6 Å². The van der Waals surface area contributed by atoms with Crippen LogP contribution in [0.3, 0.4) is 0 Å². The lowest BCUT2D eigenvalue weighted by Gasteiger charge is -2.01. The highest BCUT2D eigenvalue weighted by atomic mass is 32.2. The summed E-state index contributed by atoms with van der Waals surface area (Å²) in [4.78, 5) is 8.64. The predicted octanol–water partition coefficient (Wildman–Crippen LogP) is 2.51. The molecule has 0 atom stereocenters. The molecule has 0 unspecified atom stereocenters. The van der Waals surface area contributed by atoms with Gasteiger partial charge in [-0.05, 0) is 18.8 Å². The van der Waals surface area contributed by atoms with Crippen LogP contribution >= 0.6 is 11.8 Å². The van der Waals surface area contributed by atoms with Crippen LogP contribution in [0.15, 0.2) is 30.2 Å². The Hall–Kier alpha value is -1.36. The maximum atomic E-state index is 4.35. The smallest absolute Gasteiger partial charge is 0.162 e. The van der Waals surface area contributed by atoms with Crippen molar-refractivity contribution in [3.63, 3.8) is 0 Å². The molecule has 0 saturated heterocycles. The largest absolute Gasteiger partial charge is 0.243 e. The fourth-order valence-electron chi connectivity index (χ4n) is 1.72. The van der Waals surface area contributed by atoms with Crippen LogP contribution in [0, 0.1) is 5.92 Å². The summed E-state index contributed by atoms with van der Waals surface area (Å²) >= 11 is 1.82. The molecule has 2 aromatic heterocycles. The van der Waals surface area contributed by atoms with Crippen molar-refractivity contribution in [2.75, 3.05) is 5.75 Å². The van der Waals surface area contributed by atoms with E-state index in [4.69, 9.17) is 0 Å². The second-order valence-electron chi connectivity index (χ2n) is 4.29. The fourth-order valence-corrected chi connectivity index (χ4v) is 2.87. The Labute approximate surface area is 104 Å². The molecule has 0 N–H and O–H groups in total. The van der Waals surface area contributed by atoms with Crippen LogP contribution in [0.4, 0.5) is 0 Å². The third-order valence-corrected chi connectivity index (χ3v) is 4.09. The van der Waals surface area contributed by atoms with Crippen LogP contribution in [0.5, 0.6) is 0 Å². The van der Waals surface area contributed by atoms with Crippen LogP contribution < -0.4 is 0 Å². The maximum absolute atomic E-state index is 4.35. The van der Waals surface area contributed by atoms with E-state index in [9.17, 15) is 0 Å². The van der Waals surface area contributed by atoms with Crippen LogP contribution in [-0.4, -0.2) is 25.5 Å². The first-order chi connectivity index (χ1) is 8.38. The monoisotopic (exact) mass is 246 g/mol. The quantitative estimate of drug-likeness (QED) is 0.462. The van der Waals surface area contributed by atoms with Crippen molar-refractivity contribution in [2.45, 2.75) is 24.4 Å². The first-order valence-electron chi connectivity index (χ1n) is 5.78. The lowest BCUT2D eigenvalue weighted by molar-refractivity contribution is 0.719. The van der Waals surface area contributed by atoms with Crippen LogP contribution in [0.1, 0.15) is 12.8 Å². The predicted molar refractivity (Wildman–Crippen MR) is 69.0 cm³/mol. The summed E-state index contributed by atoms with van der Waals surface area (Å²) in [5.41, 5.74) is 0.901. The van der Waals surface area contributed by atoms with E-state index in [0.29, 0.717) is 6.54 Å². The standard InChI is InChI=1S/C12H14N4S/c1-2-5-16-11-10(6-15-16)12(14-8-13-11)17-7-9-3-4-9/h2,6,8-9H,1,3-5,7H2. The molecular weight excluding hydrogens is 232 g/mol. The van der Waals surface area contributed by atoms with E-state index in [0.717, 1.165) is 22.0 Å². The van der Waals surface area contributed by atoms with Gasteiger partial charge in [-0.3, -0.25) is 0 Å². The maximum Gasteiger partial charge on any atom is 0.162 e. The van der Waals surface area contributed by atoms with Crippen molar-refractivity contribution in [2.24, 2.45) is 5.92 Å². The van der Waals surface area contributed by atoms with Gasteiger partial charge in [-0.15, -0.1) is 18.3 Å². The molecule has 2 heterocycles. The summed E-state index contributed by atoms with van der Waals surface area (Å²) in [6.07, 6.45) is 8.05. The number of nitrogens with zero attached hydrogens (tertiary/aromatic N) is 4. The molecule has 5 heteroatoms. The molecule has 0 aromatic carbocycles. The SMILES string of the molecule is C=CCn1ncc2c(SCC3CC3)ncnc21. The van der Waals surface area contributed by atoms with Gasteiger partial charge < -0.3 is 0 Å². The summed E-state index contributed by atoms with van der Waals surface area (Å²) in [5.74, 6) is 2.06. The molecule has 1 aliphatic rings. The molecule has 1 fully saturated rings. The molecule has 0 aliphatic heterocycles. The van der Waals surface area contributed by atoms with Crippen molar-refractivity contribution in [3.8, 4) is 0 Å². The second-order valence-corrected chi connectivity index (χ2v) is 5.29. The Morgan fingerprint density at radius 2 is 2.35 bits per heavy atom. The Morgan fingerprint density at radius 3 is 3.12 bits per heavy atom. The van der Waals surface area contributed by atoms with Crippen LogP contribution in [-0.2, 0) is 6.54 Å². The van der Waals surface area contributed by atoms with E-state index in [1.54, 1.807) is 6.33 Å². The minimum Gasteiger partial charge on any atom is -0.243 e. The van der Waals surface area contributed by atoms with Gasteiger partial charge in [-0.1, -0.05) is 6.08 Å². The van der Waals surface area contributed by atoms with Gasteiger partial charge in [0.15, 0.2) is 5.65 Å². The second kappa shape index (κ2) is 4.49. The van der Waals surface area contributed by atoms with E-state index >= 15 is 0 Å². The highest BCUT2D eigenvalue weighted by molar-refractivity contribution is 7.99. The number of thioether (sulfide) groups is 1. The summed E-state index contributed by atoms with van der Waals surface area (Å²) in [6.45, 7) is 4.41. The van der Waals surface area contributed by atoms with E-state index in [1.807, 2.05) is 28.7 Å². The Morgan fingerprint density at radius 1 is 1.47 bits per heavy atom. The molecule has 2 aromatic rings. The molecular formula is C12H14N4S. The van der Waals surface area contributed by atoms with Gasteiger partial charge in [0.05, 0.1) is 18.1 Å². The lowest BCUT2D eigenvalue weighted by atomic mass is 10.4. The van der Waals surface area contributed by atoms with Gasteiger partial charge in [0.25, 0.3) is 0 Å². The van der Waals surface area contributed by atoms with Gasteiger partial charge in [-0.2, -0.15) is 5.10 Å². The Bertz CT molecular complexity index is 544. The average molecular weight is 246 g/mol. The normalized spacial score (nSPS) is 15.3. The minimum absolute atomic E-state index is 0.688.